The molecule has 0 aliphatic carbocycles. The lowest BCUT2D eigenvalue weighted by molar-refractivity contribution is -0.130. The maximum absolute atomic E-state index is 13.4. The molecule has 1 aromatic rings. The van der Waals surface area contributed by atoms with Gasteiger partial charge in [0.2, 0.25) is 0 Å². The Labute approximate surface area is 115 Å². The molecule has 2 rings (SSSR count). The third kappa shape index (κ3) is 2.89. The molecular formula is C13H15FN2O2S. The largest absolute Gasteiger partial charge is 0.325 e. The molecule has 19 heavy (non-hydrogen) atoms. The van der Waals surface area contributed by atoms with Gasteiger partial charge in [0.15, 0.2) is 0 Å². The smallest absolute Gasteiger partial charge is 0.324 e. The van der Waals surface area contributed by atoms with Gasteiger partial charge < -0.3 is 5.32 Å². The summed E-state index contributed by atoms with van der Waals surface area (Å²) in [6.07, 6.45) is 0. The molecule has 0 atom stereocenters. The predicted molar refractivity (Wildman–Crippen MR) is 71.4 cm³/mol. The van der Waals surface area contributed by atoms with Crippen LogP contribution in [0.1, 0.15) is 13.8 Å². The zero-order valence-electron chi connectivity index (χ0n) is 10.8. The summed E-state index contributed by atoms with van der Waals surface area (Å²) in [5.41, 5.74) is -0.847. The van der Waals surface area contributed by atoms with Crippen LogP contribution in [-0.4, -0.2) is 34.7 Å². The lowest BCUT2D eigenvalue weighted by Crippen LogP contribution is -2.40. The Hall–Kier alpha value is -1.56. The summed E-state index contributed by atoms with van der Waals surface area (Å²) >= 11 is 1.29. The molecule has 4 nitrogen and oxygen atoms in total. The van der Waals surface area contributed by atoms with Gasteiger partial charge in [0, 0.05) is 17.2 Å². The fourth-order valence-corrected chi connectivity index (χ4v) is 2.70. The van der Waals surface area contributed by atoms with Crippen LogP contribution in [0.2, 0.25) is 0 Å². The maximum atomic E-state index is 13.4. The van der Waals surface area contributed by atoms with Crippen molar-refractivity contribution in [1.82, 2.24) is 10.2 Å². The van der Waals surface area contributed by atoms with E-state index >= 15 is 0 Å². The van der Waals surface area contributed by atoms with Crippen LogP contribution in [0.4, 0.5) is 9.18 Å². The monoisotopic (exact) mass is 282 g/mol. The first kappa shape index (κ1) is 13.9. The minimum absolute atomic E-state index is 0.244. The summed E-state index contributed by atoms with van der Waals surface area (Å²) in [4.78, 5) is 25.2. The van der Waals surface area contributed by atoms with Crippen LogP contribution >= 0.6 is 11.8 Å². The number of carbonyl (C=O) groups excluding carboxylic acids is 2. The van der Waals surface area contributed by atoms with Crippen LogP contribution in [0.25, 0.3) is 0 Å². The molecule has 1 aliphatic heterocycles. The maximum Gasteiger partial charge on any atom is 0.325 e. The molecule has 0 bridgehead atoms. The molecule has 1 saturated heterocycles. The average molecular weight is 282 g/mol. The predicted octanol–water partition coefficient (Wildman–Crippen LogP) is 2.25. The molecule has 0 spiro atoms. The summed E-state index contributed by atoms with van der Waals surface area (Å²) in [7, 11) is 0. The second kappa shape index (κ2) is 5.21. The number of hydrogen-bond donors (Lipinski definition) is 1. The molecule has 1 fully saturated rings. The summed E-state index contributed by atoms with van der Waals surface area (Å²) in [5.74, 6) is -0.0624. The molecular weight excluding hydrogens is 267 g/mol. The number of nitrogens with one attached hydrogen (secondary N) is 1. The van der Waals surface area contributed by atoms with E-state index in [1.807, 2.05) is 0 Å². The van der Waals surface area contributed by atoms with Gasteiger partial charge in [0.05, 0.1) is 0 Å². The quantitative estimate of drug-likeness (QED) is 0.680. The van der Waals surface area contributed by atoms with Crippen LogP contribution in [-0.2, 0) is 4.79 Å². The zero-order valence-corrected chi connectivity index (χ0v) is 11.6. The van der Waals surface area contributed by atoms with E-state index in [0.29, 0.717) is 10.6 Å². The van der Waals surface area contributed by atoms with Crippen LogP contribution in [0.15, 0.2) is 29.2 Å². The number of halogens is 1. The second-order valence-electron chi connectivity index (χ2n) is 4.79. The third-order valence-electron chi connectivity index (χ3n) is 2.85. The summed E-state index contributed by atoms with van der Waals surface area (Å²) in [5, 5.41) is 2.61. The van der Waals surface area contributed by atoms with Crippen LogP contribution < -0.4 is 5.32 Å². The molecule has 1 heterocycles. The average Bonchev–Trinajstić information content (AvgIpc) is 2.53. The topological polar surface area (TPSA) is 49.4 Å². The summed E-state index contributed by atoms with van der Waals surface area (Å²) in [6, 6.07) is 6.06. The van der Waals surface area contributed by atoms with E-state index < -0.39 is 5.54 Å². The van der Waals surface area contributed by atoms with Gasteiger partial charge in [0.25, 0.3) is 5.91 Å². The van der Waals surface area contributed by atoms with E-state index in [4.69, 9.17) is 0 Å². The van der Waals surface area contributed by atoms with Gasteiger partial charge in [-0.15, -0.1) is 11.8 Å². The molecule has 6 heteroatoms. The van der Waals surface area contributed by atoms with Crippen LogP contribution in [0, 0.1) is 5.82 Å². The minimum atomic E-state index is -0.847. The van der Waals surface area contributed by atoms with Crippen molar-refractivity contribution in [3.63, 3.8) is 0 Å². The van der Waals surface area contributed by atoms with Gasteiger partial charge in [-0.25, -0.2) is 9.18 Å². The first-order chi connectivity index (χ1) is 8.92. The van der Waals surface area contributed by atoms with Crippen molar-refractivity contribution in [1.29, 1.82) is 0 Å². The van der Waals surface area contributed by atoms with Gasteiger partial charge in [-0.05, 0) is 26.0 Å². The molecule has 0 saturated carbocycles. The standard InChI is InChI=1S/C13H15FN2O2S/c1-13(2)11(17)16(12(18)15-13)7-8-19-10-6-4-3-5-9(10)14/h3-6H,7-8H2,1-2H3,(H,15,18). The number of urea groups is 1. The van der Waals surface area contributed by atoms with E-state index in [1.54, 1.807) is 32.0 Å². The number of amides is 3. The fourth-order valence-electron chi connectivity index (χ4n) is 1.83. The summed E-state index contributed by atoms with van der Waals surface area (Å²) < 4.78 is 13.4. The van der Waals surface area contributed by atoms with Crippen molar-refractivity contribution in [2.45, 2.75) is 24.3 Å². The summed E-state index contributed by atoms with van der Waals surface area (Å²) in [6.45, 7) is 3.60. The highest BCUT2D eigenvalue weighted by molar-refractivity contribution is 7.99. The highest BCUT2D eigenvalue weighted by Crippen LogP contribution is 2.22. The molecule has 1 aromatic carbocycles. The Morgan fingerprint density at radius 2 is 2.00 bits per heavy atom. The Morgan fingerprint density at radius 1 is 1.32 bits per heavy atom. The second-order valence-corrected chi connectivity index (χ2v) is 5.93. The van der Waals surface area contributed by atoms with Crippen molar-refractivity contribution in [3.8, 4) is 0 Å². The van der Waals surface area contributed by atoms with Crippen molar-refractivity contribution in [2.75, 3.05) is 12.3 Å². The Balaban J connectivity index is 1.92. The zero-order chi connectivity index (χ0) is 14.0. The lowest BCUT2D eigenvalue weighted by Gasteiger charge is -2.15. The number of nitrogens with zero attached hydrogens (tertiary/aromatic N) is 1. The van der Waals surface area contributed by atoms with Gasteiger partial charge in [-0.1, -0.05) is 12.1 Å². The lowest BCUT2D eigenvalue weighted by atomic mass is 10.1. The molecule has 0 radical (unpaired) electrons. The third-order valence-corrected chi connectivity index (χ3v) is 3.88. The molecule has 102 valence electrons. The molecule has 0 aromatic heterocycles. The van der Waals surface area contributed by atoms with Gasteiger partial charge in [-0.3, -0.25) is 9.69 Å². The van der Waals surface area contributed by atoms with Gasteiger partial charge >= 0.3 is 6.03 Å². The number of imide groups is 1. The van der Waals surface area contributed by atoms with Crippen molar-refractivity contribution >= 4 is 23.7 Å². The van der Waals surface area contributed by atoms with Gasteiger partial charge in [0.1, 0.15) is 11.4 Å². The fraction of sp³-hybridized carbons (Fsp3) is 0.385. The van der Waals surface area contributed by atoms with Crippen LogP contribution in [0.3, 0.4) is 0 Å². The normalized spacial score (nSPS) is 17.7. The first-order valence-corrected chi connectivity index (χ1v) is 6.92. The van der Waals surface area contributed by atoms with E-state index in [1.165, 1.54) is 22.7 Å². The van der Waals surface area contributed by atoms with E-state index in [-0.39, 0.29) is 24.3 Å². The number of thioether (sulfide) groups is 1. The molecule has 3 amide bonds. The SMILES string of the molecule is CC1(C)NC(=O)N(CCSc2ccccc2F)C1=O. The first-order valence-electron chi connectivity index (χ1n) is 5.93. The number of rotatable bonds is 4. The van der Waals surface area contributed by atoms with E-state index in [9.17, 15) is 14.0 Å². The highest BCUT2D eigenvalue weighted by Gasteiger charge is 2.43. The number of benzene rings is 1. The van der Waals surface area contributed by atoms with Crippen LogP contribution in [0.5, 0.6) is 0 Å². The van der Waals surface area contributed by atoms with E-state index in [0.717, 1.165) is 0 Å². The van der Waals surface area contributed by atoms with Gasteiger partial charge in [-0.2, -0.15) is 0 Å². The Bertz CT molecular complexity index is 519. The molecule has 0 unspecified atom stereocenters. The Morgan fingerprint density at radius 3 is 2.58 bits per heavy atom. The minimum Gasteiger partial charge on any atom is -0.324 e. The number of carbonyl (C=O) groups is 2. The highest BCUT2D eigenvalue weighted by atomic mass is 32.2. The van der Waals surface area contributed by atoms with Crippen molar-refractivity contribution in [2.24, 2.45) is 0 Å². The number of hydrogen-bond acceptors (Lipinski definition) is 3. The molecule has 1 N–H and O–H groups in total. The van der Waals surface area contributed by atoms with Crippen molar-refractivity contribution in [3.05, 3.63) is 30.1 Å². The Kier molecular flexibility index (Phi) is 3.80. The van der Waals surface area contributed by atoms with E-state index in [2.05, 4.69) is 5.32 Å². The molecule has 1 aliphatic rings. The van der Waals surface area contributed by atoms with Crippen molar-refractivity contribution < 1.29 is 14.0 Å².